The normalized spacial score (nSPS) is 14.9. The van der Waals surface area contributed by atoms with Crippen molar-refractivity contribution in [1.82, 2.24) is 30.1 Å². The summed E-state index contributed by atoms with van der Waals surface area (Å²) in [4.78, 5) is 25.8. The van der Waals surface area contributed by atoms with Gasteiger partial charge >= 0.3 is 0 Å². The number of piperazine rings is 1. The van der Waals surface area contributed by atoms with Gasteiger partial charge in [0.15, 0.2) is 5.82 Å². The molecule has 0 amide bonds. The number of nitrogens with zero attached hydrogens (tertiary/aromatic N) is 8. The van der Waals surface area contributed by atoms with Crippen LogP contribution in [0.2, 0.25) is 0 Å². The second-order valence-electron chi connectivity index (χ2n) is 5.43. The molecule has 3 aromatic heterocycles. The molecule has 1 aliphatic rings. The van der Waals surface area contributed by atoms with E-state index in [1.807, 2.05) is 6.07 Å². The zero-order valence-electron chi connectivity index (χ0n) is 13.2. The molecule has 1 saturated heterocycles. The van der Waals surface area contributed by atoms with E-state index in [1.165, 1.54) is 6.33 Å². The molecule has 1 aliphatic heterocycles. The fourth-order valence-electron chi connectivity index (χ4n) is 2.71. The van der Waals surface area contributed by atoms with Crippen molar-refractivity contribution < 1.29 is 4.52 Å². The van der Waals surface area contributed by atoms with Crippen molar-refractivity contribution in [3.05, 3.63) is 36.8 Å². The van der Waals surface area contributed by atoms with Gasteiger partial charge < -0.3 is 14.3 Å². The van der Waals surface area contributed by atoms with Crippen molar-refractivity contribution in [1.29, 1.82) is 0 Å². The zero-order valence-corrected chi connectivity index (χ0v) is 13.2. The van der Waals surface area contributed by atoms with Gasteiger partial charge in [-0.15, -0.1) is 0 Å². The van der Waals surface area contributed by atoms with E-state index in [1.54, 1.807) is 25.5 Å². The summed E-state index contributed by atoms with van der Waals surface area (Å²) in [6, 6.07) is 1.82. The number of aryl methyl sites for hydroxylation is 1. The van der Waals surface area contributed by atoms with E-state index >= 15 is 0 Å². The summed E-state index contributed by atoms with van der Waals surface area (Å²) >= 11 is 0. The van der Waals surface area contributed by atoms with E-state index in [2.05, 4.69) is 39.9 Å². The van der Waals surface area contributed by atoms with Gasteiger partial charge in [0.05, 0.1) is 0 Å². The van der Waals surface area contributed by atoms with Crippen LogP contribution in [0.4, 0.5) is 11.8 Å². The summed E-state index contributed by atoms with van der Waals surface area (Å²) in [7, 11) is 0. The van der Waals surface area contributed by atoms with Crippen molar-refractivity contribution in [2.75, 3.05) is 36.0 Å². The minimum Gasteiger partial charge on any atom is -0.352 e. The Morgan fingerprint density at radius 2 is 1.75 bits per heavy atom. The first-order chi connectivity index (χ1) is 11.8. The molecular weight excluding hydrogens is 308 g/mol. The standard InChI is InChI=1S/C15H16N8O/c1-11-20-14(24-21-11)12-9-16-10-19-13(12)22-5-7-23(8-6-22)15-17-3-2-4-18-15/h2-4,9-10H,5-8H2,1H3. The van der Waals surface area contributed by atoms with Gasteiger partial charge in [0.1, 0.15) is 17.7 Å². The fraction of sp³-hybridized carbons (Fsp3) is 0.333. The molecule has 0 radical (unpaired) electrons. The van der Waals surface area contributed by atoms with Crippen molar-refractivity contribution in [3.8, 4) is 11.5 Å². The van der Waals surface area contributed by atoms with Crippen LogP contribution in [0.1, 0.15) is 5.82 Å². The van der Waals surface area contributed by atoms with Crippen molar-refractivity contribution in [3.63, 3.8) is 0 Å². The molecule has 9 nitrogen and oxygen atoms in total. The zero-order chi connectivity index (χ0) is 16.4. The van der Waals surface area contributed by atoms with E-state index in [9.17, 15) is 0 Å². The lowest BCUT2D eigenvalue weighted by Gasteiger charge is -2.35. The summed E-state index contributed by atoms with van der Waals surface area (Å²) in [5.74, 6) is 2.60. The minimum atomic E-state index is 0.442. The molecule has 122 valence electrons. The van der Waals surface area contributed by atoms with E-state index in [-0.39, 0.29) is 0 Å². The van der Waals surface area contributed by atoms with Gasteiger partial charge in [-0.2, -0.15) is 4.98 Å². The first-order valence-electron chi connectivity index (χ1n) is 7.69. The molecule has 3 aromatic rings. The lowest BCUT2D eigenvalue weighted by Crippen LogP contribution is -2.47. The van der Waals surface area contributed by atoms with Crippen molar-refractivity contribution in [2.45, 2.75) is 6.92 Å². The van der Waals surface area contributed by atoms with E-state index in [4.69, 9.17) is 4.52 Å². The molecule has 4 rings (SSSR count). The highest BCUT2D eigenvalue weighted by Crippen LogP contribution is 2.27. The third-order valence-corrected chi connectivity index (χ3v) is 3.86. The smallest absolute Gasteiger partial charge is 0.263 e. The van der Waals surface area contributed by atoms with Crippen LogP contribution in [0, 0.1) is 6.92 Å². The Kier molecular flexibility index (Phi) is 3.73. The van der Waals surface area contributed by atoms with Crippen molar-refractivity contribution in [2.24, 2.45) is 0 Å². The average molecular weight is 324 g/mol. The SMILES string of the molecule is Cc1noc(-c2cncnc2N2CCN(c3ncccn3)CC2)n1. The Morgan fingerprint density at radius 3 is 2.46 bits per heavy atom. The molecule has 0 bridgehead atoms. The molecular formula is C15H16N8O. The van der Waals surface area contributed by atoms with Gasteiger partial charge in [0, 0.05) is 44.8 Å². The number of anilines is 2. The van der Waals surface area contributed by atoms with Crippen LogP contribution in [-0.4, -0.2) is 56.3 Å². The highest BCUT2D eigenvalue weighted by molar-refractivity contribution is 5.69. The molecule has 0 N–H and O–H groups in total. The lowest BCUT2D eigenvalue weighted by atomic mass is 10.2. The fourth-order valence-corrected chi connectivity index (χ4v) is 2.71. The monoisotopic (exact) mass is 324 g/mol. The quantitative estimate of drug-likeness (QED) is 0.697. The molecule has 9 heteroatoms. The Balaban J connectivity index is 1.54. The molecule has 4 heterocycles. The van der Waals surface area contributed by atoms with Crippen LogP contribution in [0.15, 0.2) is 35.5 Å². The lowest BCUT2D eigenvalue weighted by molar-refractivity contribution is 0.425. The van der Waals surface area contributed by atoms with Gasteiger partial charge in [0.2, 0.25) is 5.95 Å². The highest BCUT2D eigenvalue weighted by Gasteiger charge is 2.23. The molecule has 1 fully saturated rings. The minimum absolute atomic E-state index is 0.442. The second kappa shape index (κ2) is 6.19. The van der Waals surface area contributed by atoms with Crippen LogP contribution in [0.3, 0.4) is 0 Å². The predicted molar refractivity (Wildman–Crippen MR) is 86.5 cm³/mol. The van der Waals surface area contributed by atoms with E-state index in [0.717, 1.165) is 43.5 Å². The van der Waals surface area contributed by atoms with Gasteiger partial charge in [-0.25, -0.2) is 19.9 Å². The second-order valence-corrected chi connectivity index (χ2v) is 5.43. The number of hydrogen-bond acceptors (Lipinski definition) is 9. The topological polar surface area (TPSA) is 97.0 Å². The molecule has 0 aliphatic carbocycles. The van der Waals surface area contributed by atoms with Crippen LogP contribution < -0.4 is 9.80 Å². The Morgan fingerprint density at radius 1 is 1.00 bits per heavy atom. The molecule has 0 aromatic carbocycles. The molecule has 24 heavy (non-hydrogen) atoms. The van der Waals surface area contributed by atoms with Crippen molar-refractivity contribution >= 4 is 11.8 Å². The largest absolute Gasteiger partial charge is 0.352 e. The number of aromatic nitrogens is 6. The maximum Gasteiger partial charge on any atom is 0.263 e. The highest BCUT2D eigenvalue weighted by atomic mass is 16.5. The summed E-state index contributed by atoms with van der Waals surface area (Å²) in [6.07, 6.45) is 6.76. The van der Waals surface area contributed by atoms with Gasteiger partial charge in [-0.05, 0) is 13.0 Å². The van der Waals surface area contributed by atoms with E-state index in [0.29, 0.717) is 11.7 Å². The average Bonchev–Trinajstić information content (AvgIpc) is 3.09. The van der Waals surface area contributed by atoms with Crippen LogP contribution in [0.5, 0.6) is 0 Å². The number of rotatable bonds is 3. The summed E-state index contributed by atoms with van der Waals surface area (Å²) < 4.78 is 5.27. The molecule has 0 saturated carbocycles. The van der Waals surface area contributed by atoms with Crippen LogP contribution >= 0.6 is 0 Å². The van der Waals surface area contributed by atoms with Gasteiger partial charge in [-0.3, -0.25) is 0 Å². The Labute approximate surface area is 138 Å². The third kappa shape index (κ3) is 2.75. The molecule has 0 atom stereocenters. The summed E-state index contributed by atoms with van der Waals surface area (Å²) in [5.41, 5.74) is 0.752. The first kappa shape index (κ1) is 14.5. The van der Waals surface area contributed by atoms with Gasteiger partial charge in [-0.1, -0.05) is 5.16 Å². The van der Waals surface area contributed by atoms with Crippen LogP contribution in [0.25, 0.3) is 11.5 Å². The maximum absolute atomic E-state index is 5.27. The third-order valence-electron chi connectivity index (χ3n) is 3.86. The summed E-state index contributed by atoms with van der Waals surface area (Å²) in [5, 5.41) is 3.85. The van der Waals surface area contributed by atoms with E-state index < -0.39 is 0 Å². The Bertz CT molecular complexity index is 813. The Hall–Kier alpha value is -3.10. The number of hydrogen-bond donors (Lipinski definition) is 0. The first-order valence-corrected chi connectivity index (χ1v) is 7.69. The molecule has 0 spiro atoms. The predicted octanol–water partition coefficient (Wildman–Crippen LogP) is 0.952. The molecule has 0 unspecified atom stereocenters. The van der Waals surface area contributed by atoms with Crippen LogP contribution in [-0.2, 0) is 0 Å². The summed E-state index contributed by atoms with van der Waals surface area (Å²) in [6.45, 7) is 5.02. The maximum atomic E-state index is 5.27. The van der Waals surface area contributed by atoms with Gasteiger partial charge in [0.25, 0.3) is 5.89 Å².